The standard InChI is InChI=1S/C48H52FN7O7/c1-29(30-5-7-31(8-6-30)37-15-18-50-41-12-9-32(49)25-39(37)41)45(59)51-33-3-2-4-36(26-33)63-35-16-19-55(20-17-35)44(58)28-53-21-23-54(24-22-53)34-10-11-38-40(27-34)48(62)56(47(38)61)42-13-14-43(57)52-46(42)60/h2-4,9-12,15,18,25-27,29-31,35,42H,5-8,13-14,16-17,19-24,28H2,1H3,(H,51,59)(H,52,57,60)/t29-,30?,31?,42?/m1/s1. The number of halogens is 1. The monoisotopic (exact) mass is 857 g/mol. The number of amides is 6. The second-order valence-electron chi connectivity index (χ2n) is 17.6. The molecule has 2 N–H and O–H groups in total. The zero-order valence-electron chi connectivity index (χ0n) is 35.4. The zero-order chi connectivity index (χ0) is 43.8. The fourth-order valence-electron chi connectivity index (χ4n) is 10.1. The van der Waals surface area contributed by atoms with Gasteiger partial charge in [0, 0.05) is 93.5 Å². The molecular formula is C48H52FN7O7. The Hall–Kier alpha value is -6.22. The number of nitrogens with zero attached hydrogens (tertiary/aromatic N) is 5. The van der Waals surface area contributed by atoms with Crippen LogP contribution in [0.3, 0.4) is 0 Å². The predicted octanol–water partition coefficient (Wildman–Crippen LogP) is 5.52. The van der Waals surface area contributed by atoms with E-state index >= 15 is 0 Å². The summed E-state index contributed by atoms with van der Waals surface area (Å²) in [5, 5.41) is 6.21. The molecule has 2 atom stereocenters. The molecule has 3 saturated heterocycles. The van der Waals surface area contributed by atoms with Gasteiger partial charge in [-0.1, -0.05) is 13.0 Å². The summed E-state index contributed by atoms with van der Waals surface area (Å²) in [7, 11) is 0. The summed E-state index contributed by atoms with van der Waals surface area (Å²) in [5.41, 5.74) is 3.91. The molecule has 6 amide bonds. The fourth-order valence-corrected chi connectivity index (χ4v) is 10.1. The van der Waals surface area contributed by atoms with Crippen molar-refractivity contribution in [3.8, 4) is 5.75 Å². The number of aromatic nitrogens is 1. The fraction of sp³-hybridized carbons (Fsp3) is 0.438. The summed E-state index contributed by atoms with van der Waals surface area (Å²) in [5.74, 6) is -1.24. The Morgan fingerprint density at radius 3 is 2.37 bits per heavy atom. The van der Waals surface area contributed by atoms with Crippen LogP contribution < -0.4 is 20.3 Å². The zero-order valence-corrected chi connectivity index (χ0v) is 35.4. The molecule has 4 fully saturated rings. The lowest BCUT2D eigenvalue weighted by Gasteiger charge is -2.38. The third-order valence-electron chi connectivity index (χ3n) is 13.8. The summed E-state index contributed by atoms with van der Waals surface area (Å²) in [4.78, 5) is 88.9. The molecule has 0 radical (unpaired) electrons. The van der Waals surface area contributed by atoms with Crippen LogP contribution in [0, 0.1) is 17.7 Å². The van der Waals surface area contributed by atoms with Crippen LogP contribution in [0.2, 0.25) is 0 Å². The van der Waals surface area contributed by atoms with Crippen molar-refractivity contribution in [2.45, 2.75) is 76.4 Å². The van der Waals surface area contributed by atoms with Crippen molar-refractivity contribution in [2.75, 3.05) is 56.0 Å². The molecule has 3 aromatic carbocycles. The van der Waals surface area contributed by atoms with Crippen molar-refractivity contribution < 1.29 is 37.9 Å². The minimum Gasteiger partial charge on any atom is -0.490 e. The Labute approximate surface area is 365 Å². The highest BCUT2D eigenvalue weighted by molar-refractivity contribution is 6.23. The summed E-state index contributed by atoms with van der Waals surface area (Å²) in [6, 6.07) is 18.4. The number of fused-ring (bicyclic) bond motifs is 2. The average molecular weight is 858 g/mol. The predicted molar refractivity (Wildman–Crippen MR) is 233 cm³/mol. The van der Waals surface area contributed by atoms with E-state index in [0.29, 0.717) is 76.0 Å². The largest absolute Gasteiger partial charge is 0.490 e. The first kappa shape index (κ1) is 42.1. The van der Waals surface area contributed by atoms with Gasteiger partial charge in [-0.15, -0.1) is 0 Å². The molecule has 1 saturated carbocycles. The number of hydrogen-bond acceptors (Lipinski definition) is 10. The van der Waals surface area contributed by atoms with Gasteiger partial charge in [-0.2, -0.15) is 0 Å². The van der Waals surface area contributed by atoms with E-state index in [1.807, 2.05) is 48.2 Å². The number of imide groups is 2. The number of carbonyl (C=O) groups is 6. The molecule has 328 valence electrons. The highest BCUT2D eigenvalue weighted by atomic mass is 19.1. The topological polar surface area (TPSA) is 162 Å². The van der Waals surface area contributed by atoms with Crippen molar-refractivity contribution in [3.05, 3.63) is 95.4 Å². The summed E-state index contributed by atoms with van der Waals surface area (Å²) < 4.78 is 20.4. The van der Waals surface area contributed by atoms with Gasteiger partial charge in [-0.05, 0) is 104 Å². The van der Waals surface area contributed by atoms with E-state index in [9.17, 15) is 33.2 Å². The third kappa shape index (κ3) is 8.88. The lowest BCUT2D eigenvalue weighted by atomic mass is 9.73. The Balaban J connectivity index is 0.702. The van der Waals surface area contributed by atoms with Crippen molar-refractivity contribution in [3.63, 3.8) is 0 Å². The number of hydrogen-bond donors (Lipinski definition) is 2. The maximum atomic E-state index is 14.1. The van der Waals surface area contributed by atoms with Gasteiger partial charge in [0.15, 0.2) is 0 Å². The van der Waals surface area contributed by atoms with Crippen LogP contribution in [0.4, 0.5) is 15.8 Å². The smallest absolute Gasteiger partial charge is 0.262 e. The number of carbonyl (C=O) groups excluding carboxylic acids is 6. The maximum Gasteiger partial charge on any atom is 0.262 e. The number of nitrogens with one attached hydrogen (secondary N) is 2. The number of likely N-dealkylation sites (tertiary alicyclic amines) is 1. The Kier molecular flexibility index (Phi) is 11.9. The highest BCUT2D eigenvalue weighted by Gasteiger charge is 2.45. The molecular weight excluding hydrogens is 806 g/mol. The molecule has 63 heavy (non-hydrogen) atoms. The average Bonchev–Trinajstić information content (AvgIpc) is 3.54. The van der Waals surface area contributed by atoms with E-state index in [4.69, 9.17) is 4.74 Å². The SMILES string of the molecule is C[C@@H](C(=O)Nc1cccc(OC2CCN(C(=O)CN3CCN(c4ccc5c(c4)C(=O)N(C4CCC(=O)NC4=O)C5=O)CC3)CC2)c1)C1CCC(c2ccnc3ccc(F)cc23)CC1. The molecule has 4 aromatic rings. The van der Waals surface area contributed by atoms with Gasteiger partial charge >= 0.3 is 0 Å². The van der Waals surface area contributed by atoms with E-state index in [0.717, 1.165) is 52.7 Å². The van der Waals surface area contributed by atoms with Gasteiger partial charge in [0.1, 0.15) is 23.7 Å². The Bertz CT molecular complexity index is 2460. The molecule has 14 nitrogen and oxygen atoms in total. The molecule has 5 aliphatic rings. The van der Waals surface area contributed by atoms with Gasteiger partial charge in [0.2, 0.25) is 23.6 Å². The molecule has 9 rings (SSSR count). The second kappa shape index (κ2) is 17.9. The normalized spacial score (nSPS) is 22.8. The lowest BCUT2D eigenvalue weighted by Crippen LogP contribution is -2.54. The van der Waals surface area contributed by atoms with E-state index in [1.54, 1.807) is 30.5 Å². The number of piperidine rings is 2. The molecule has 1 aliphatic carbocycles. The molecule has 0 bridgehead atoms. The lowest BCUT2D eigenvalue weighted by molar-refractivity contribution is -0.136. The van der Waals surface area contributed by atoms with E-state index in [-0.39, 0.29) is 59.5 Å². The third-order valence-corrected chi connectivity index (χ3v) is 13.8. The van der Waals surface area contributed by atoms with Crippen LogP contribution in [-0.4, -0.2) is 113 Å². The highest BCUT2D eigenvalue weighted by Crippen LogP contribution is 2.41. The molecule has 1 unspecified atom stereocenters. The van der Waals surface area contributed by atoms with E-state index in [2.05, 4.69) is 25.4 Å². The number of pyridine rings is 1. The first-order valence-electron chi connectivity index (χ1n) is 22.2. The van der Waals surface area contributed by atoms with Crippen LogP contribution in [0.25, 0.3) is 10.9 Å². The number of benzene rings is 3. The number of ether oxygens (including phenoxy) is 1. The minimum atomic E-state index is -1.01. The molecule has 5 heterocycles. The van der Waals surface area contributed by atoms with Crippen LogP contribution >= 0.6 is 0 Å². The molecule has 4 aliphatic heterocycles. The van der Waals surface area contributed by atoms with Gasteiger partial charge in [-0.3, -0.25) is 48.9 Å². The summed E-state index contributed by atoms with van der Waals surface area (Å²) >= 11 is 0. The van der Waals surface area contributed by atoms with Gasteiger partial charge in [-0.25, -0.2) is 4.39 Å². The van der Waals surface area contributed by atoms with Crippen molar-refractivity contribution in [2.24, 2.45) is 11.8 Å². The van der Waals surface area contributed by atoms with Crippen molar-refractivity contribution in [1.82, 2.24) is 25.0 Å². The van der Waals surface area contributed by atoms with Crippen LogP contribution in [0.5, 0.6) is 5.75 Å². The first-order chi connectivity index (χ1) is 30.5. The van der Waals surface area contributed by atoms with Gasteiger partial charge in [0.05, 0.1) is 23.2 Å². The van der Waals surface area contributed by atoms with Gasteiger partial charge < -0.3 is 19.9 Å². The second-order valence-corrected chi connectivity index (χ2v) is 17.6. The van der Waals surface area contributed by atoms with Crippen LogP contribution in [0.15, 0.2) is 72.9 Å². The van der Waals surface area contributed by atoms with Crippen molar-refractivity contribution in [1.29, 1.82) is 0 Å². The summed E-state index contributed by atoms with van der Waals surface area (Å²) in [6.45, 7) is 6.05. The quantitative estimate of drug-likeness (QED) is 0.195. The maximum absolute atomic E-state index is 14.1. The molecule has 0 spiro atoms. The molecule has 15 heteroatoms. The molecule has 1 aromatic heterocycles. The van der Waals surface area contributed by atoms with E-state index in [1.165, 1.54) is 6.07 Å². The van der Waals surface area contributed by atoms with Gasteiger partial charge in [0.25, 0.3) is 11.8 Å². The number of piperazine rings is 1. The number of anilines is 2. The minimum absolute atomic E-state index is 0.0160. The Morgan fingerprint density at radius 1 is 0.841 bits per heavy atom. The number of rotatable bonds is 10. The van der Waals surface area contributed by atoms with Crippen LogP contribution in [0.1, 0.15) is 90.5 Å². The van der Waals surface area contributed by atoms with Crippen molar-refractivity contribution >= 4 is 57.7 Å². The van der Waals surface area contributed by atoms with Crippen LogP contribution in [-0.2, 0) is 19.2 Å². The first-order valence-corrected chi connectivity index (χ1v) is 22.2. The Morgan fingerprint density at radius 2 is 1.60 bits per heavy atom. The summed E-state index contributed by atoms with van der Waals surface area (Å²) in [6.07, 6.45) is 7.01. The van der Waals surface area contributed by atoms with E-state index < -0.39 is 29.7 Å².